The van der Waals surface area contributed by atoms with Crippen LogP contribution in [0, 0.1) is 0 Å². The summed E-state index contributed by atoms with van der Waals surface area (Å²) in [7, 11) is -5.14. The first-order valence-corrected chi connectivity index (χ1v) is 23.7. The maximum Gasteiger partial charge on any atom is 0.472 e. The largest absolute Gasteiger partial charge is 0.472 e. The molecule has 0 spiro atoms. The van der Waals surface area contributed by atoms with Gasteiger partial charge in [0.1, 0.15) is 43.2 Å². The van der Waals surface area contributed by atoms with Crippen LogP contribution >= 0.6 is 7.82 Å². The van der Waals surface area contributed by atoms with Crippen LogP contribution in [0.15, 0.2) is 72.9 Å². The number of unbranched alkanes of at least 4 members (excludes halogenated alkanes) is 11. The number of esters is 2. The fourth-order valence-corrected chi connectivity index (χ4v) is 7.17. The van der Waals surface area contributed by atoms with Crippen LogP contribution in [0.5, 0.6) is 0 Å². The van der Waals surface area contributed by atoms with Crippen LogP contribution in [0.25, 0.3) is 0 Å². The molecule has 13 nitrogen and oxygen atoms in total. The number of hydrogen-bond donors (Lipinski definition) is 6. The van der Waals surface area contributed by atoms with Crippen molar-refractivity contribution in [2.75, 3.05) is 13.2 Å². The van der Waals surface area contributed by atoms with Crippen molar-refractivity contribution in [3.8, 4) is 0 Å². The molecule has 0 aromatic carbocycles. The highest BCUT2D eigenvalue weighted by Crippen LogP contribution is 2.47. The van der Waals surface area contributed by atoms with E-state index >= 15 is 0 Å². The van der Waals surface area contributed by atoms with E-state index < -0.39 is 75.7 Å². The van der Waals surface area contributed by atoms with Gasteiger partial charge in [0.2, 0.25) is 0 Å². The van der Waals surface area contributed by atoms with Gasteiger partial charge < -0.3 is 39.9 Å². The minimum absolute atomic E-state index is 0.0133. The summed E-state index contributed by atoms with van der Waals surface area (Å²) in [5, 5.41) is 50.1. The highest BCUT2D eigenvalue weighted by atomic mass is 31.2. The summed E-state index contributed by atoms with van der Waals surface area (Å²) >= 11 is 0. The van der Waals surface area contributed by atoms with E-state index in [1.165, 1.54) is 32.1 Å². The Morgan fingerprint density at radius 1 is 0.533 bits per heavy atom. The first kappa shape index (κ1) is 55.3. The number of rotatable bonds is 35. The van der Waals surface area contributed by atoms with Gasteiger partial charge in [0.15, 0.2) is 6.10 Å². The smallest absolute Gasteiger partial charge is 0.462 e. The number of phosphoric ester groups is 1. The van der Waals surface area contributed by atoms with Crippen molar-refractivity contribution in [3.63, 3.8) is 0 Å². The Bertz CT molecular complexity index is 1330. The molecule has 0 aliphatic heterocycles. The zero-order chi connectivity index (χ0) is 44.3. The van der Waals surface area contributed by atoms with Gasteiger partial charge in [-0.15, -0.1) is 0 Å². The number of aliphatic hydroxyl groups is 5. The molecule has 0 amide bonds. The lowest BCUT2D eigenvalue weighted by atomic mass is 9.85. The van der Waals surface area contributed by atoms with E-state index in [1.807, 2.05) is 12.2 Å². The zero-order valence-corrected chi connectivity index (χ0v) is 37.1. The second-order valence-corrected chi connectivity index (χ2v) is 16.6. The van der Waals surface area contributed by atoms with Crippen LogP contribution in [0.3, 0.4) is 0 Å². The van der Waals surface area contributed by atoms with E-state index in [1.54, 1.807) is 0 Å². The molecule has 0 saturated heterocycles. The maximum absolute atomic E-state index is 12.8. The Labute approximate surface area is 359 Å². The van der Waals surface area contributed by atoms with Crippen molar-refractivity contribution in [2.24, 2.45) is 0 Å². The Morgan fingerprint density at radius 3 is 1.52 bits per heavy atom. The molecule has 344 valence electrons. The second kappa shape index (κ2) is 35.8. The number of carbonyl (C=O) groups is 2. The topological polar surface area (TPSA) is 210 Å². The van der Waals surface area contributed by atoms with E-state index in [-0.39, 0.29) is 12.8 Å². The van der Waals surface area contributed by atoms with Crippen LogP contribution in [0.4, 0.5) is 0 Å². The van der Waals surface area contributed by atoms with E-state index in [2.05, 4.69) is 74.6 Å². The molecule has 8 atom stereocenters. The van der Waals surface area contributed by atoms with Crippen molar-refractivity contribution in [1.29, 1.82) is 0 Å². The molecular weight excluding hydrogens is 791 g/mol. The molecule has 6 unspecified atom stereocenters. The summed E-state index contributed by atoms with van der Waals surface area (Å²) in [5.41, 5.74) is 0. The molecule has 1 aliphatic carbocycles. The molecule has 6 N–H and O–H groups in total. The van der Waals surface area contributed by atoms with Crippen LogP contribution < -0.4 is 0 Å². The molecule has 1 aliphatic rings. The normalized spacial score (nSPS) is 22.9. The lowest BCUT2D eigenvalue weighted by molar-refractivity contribution is -0.220. The molecule has 0 bridgehead atoms. The molecule has 0 radical (unpaired) electrons. The summed E-state index contributed by atoms with van der Waals surface area (Å²) in [6, 6.07) is 0. The second-order valence-electron chi connectivity index (χ2n) is 15.2. The monoisotopic (exact) mass is 869 g/mol. The molecule has 0 aromatic heterocycles. The Kier molecular flexibility index (Phi) is 33.0. The van der Waals surface area contributed by atoms with Gasteiger partial charge in [-0.2, -0.15) is 0 Å². The summed E-state index contributed by atoms with van der Waals surface area (Å²) < 4.78 is 33.4. The van der Waals surface area contributed by atoms with Crippen LogP contribution in [0.1, 0.15) is 149 Å². The van der Waals surface area contributed by atoms with E-state index in [4.69, 9.17) is 18.5 Å². The molecule has 14 heteroatoms. The fraction of sp³-hybridized carbons (Fsp3) is 0.696. The predicted octanol–water partition coefficient (Wildman–Crippen LogP) is 8.33. The molecule has 1 fully saturated rings. The molecule has 1 saturated carbocycles. The van der Waals surface area contributed by atoms with Crippen molar-refractivity contribution >= 4 is 19.8 Å². The average molecular weight is 869 g/mol. The van der Waals surface area contributed by atoms with E-state index in [0.29, 0.717) is 19.3 Å². The van der Waals surface area contributed by atoms with Gasteiger partial charge in [0.05, 0.1) is 6.61 Å². The SMILES string of the molecule is CC/C=C\C/C=C\C/C=C\C/C=C\C/C=C\CCCC(=O)O[C@H](COC(=O)CCCCCCC/C=C\CCCCCCC)COP(=O)(O)OC1C(O)C(O)C(O)[C@@H](O)C1O. The summed E-state index contributed by atoms with van der Waals surface area (Å²) in [5.74, 6) is -1.18. The van der Waals surface area contributed by atoms with Crippen LogP contribution in [0.2, 0.25) is 0 Å². The highest BCUT2D eigenvalue weighted by Gasteiger charge is 2.51. The quantitative estimate of drug-likeness (QED) is 0.0153. The maximum atomic E-state index is 12.8. The first-order chi connectivity index (χ1) is 28.9. The number of aliphatic hydroxyl groups excluding tert-OH is 5. The molecule has 0 heterocycles. The summed E-state index contributed by atoms with van der Waals surface area (Å²) in [6.07, 6.45) is 31.1. The number of carbonyl (C=O) groups excluding carboxylic acids is 2. The third-order valence-electron chi connectivity index (χ3n) is 9.78. The van der Waals surface area contributed by atoms with Gasteiger partial charge in [0, 0.05) is 12.8 Å². The zero-order valence-electron chi connectivity index (χ0n) is 36.2. The Morgan fingerprint density at radius 2 is 0.967 bits per heavy atom. The lowest BCUT2D eigenvalue weighted by Gasteiger charge is -2.41. The Hall–Kier alpha value is -2.71. The number of ether oxygens (including phenoxy) is 2. The highest BCUT2D eigenvalue weighted by molar-refractivity contribution is 7.47. The van der Waals surface area contributed by atoms with Crippen molar-refractivity contribution in [3.05, 3.63) is 72.9 Å². The van der Waals surface area contributed by atoms with Gasteiger partial charge in [-0.25, -0.2) is 4.57 Å². The van der Waals surface area contributed by atoms with E-state index in [0.717, 1.165) is 70.6 Å². The molecule has 0 aromatic rings. The van der Waals surface area contributed by atoms with Gasteiger partial charge >= 0.3 is 19.8 Å². The average Bonchev–Trinajstić information content (AvgIpc) is 3.23. The summed E-state index contributed by atoms with van der Waals surface area (Å²) in [4.78, 5) is 35.6. The van der Waals surface area contributed by atoms with Crippen molar-refractivity contribution in [1.82, 2.24) is 0 Å². The third kappa shape index (κ3) is 28.0. The van der Waals surface area contributed by atoms with Crippen molar-refractivity contribution < 1.29 is 63.1 Å². The van der Waals surface area contributed by atoms with Crippen molar-refractivity contribution in [2.45, 2.75) is 191 Å². The minimum Gasteiger partial charge on any atom is -0.462 e. The number of hydrogen-bond acceptors (Lipinski definition) is 12. The summed E-state index contributed by atoms with van der Waals surface area (Å²) in [6.45, 7) is 3.10. The number of allylic oxidation sites excluding steroid dienone is 12. The van der Waals surface area contributed by atoms with Gasteiger partial charge in [-0.05, 0) is 77.0 Å². The molecule has 60 heavy (non-hydrogen) atoms. The fourth-order valence-electron chi connectivity index (χ4n) is 6.20. The number of phosphoric acid groups is 1. The lowest BCUT2D eigenvalue weighted by Crippen LogP contribution is -2.64. The van der Waals surface area contributed by atoms with Crippen LogP contribution in [-0.4, -0.2) is 98.3 Å². The van der Waals surface area contributed by atoms with Gasteiger partial charge in [-0.3, -0.25) is 18.6 Å². The third-order valence-corrected chi connectivity index (χ3v) is 10.8. The standard InChI is InChI=1S/C46H77O13P/c1-3-5-7-9-11-13-15-17-19-20-21-23-25-27-29-31-33-35-40(48)58-38(37-57-60(54,55)59-46-44(52)42(50)41(49)43(51)45(46)53)36-56-39(47)34-32-30-28-26-24-22-18-16-14-12-10-8-6-4-2/h5,7,11,13,16-19,21,23,27,29,38,41-46,49-53H,3-4,6,8-10,12,14-15,20,22,24-26,28,30-37H2,1-2H3,(H,54,55)/b7-5-,13-11-,18-16-,19-17-,23-21-,29-27-/t38-,41?,42-,43?,44?,45?,46?/m1/s1. The molecular formula is C46H77O13P. The van der Waals surface area contributed by atoms with Gasteiger partial charge in [0.25, 0.3) is 0 Å². The predicted molar refractivity (Wildman–Crippen MR) is 235 cm³/mol. The van der Waals surface area contributed by atoms with Crippen LogP contribution in [-0.2, 0) is 32.7 Å². The first-order valence-electron chi connectivity index (χ1n) is 22.2. The van der Waals surface area contributed by atoms with E-state index in [9.17, 15) is 44.6 Å². The molecule has 1 rings (SSSR count). The minimum atomic E-state index is -5.14. The Balaban J connectivity index is 2.54. The van der Waals surface area contributed by atoms with Gasteiger partial charge in [-0.1, -0.05) is 132 Å².